The second-order valence-electron chi connectivity index (χ2n) is 6.24. The van der Waals surface area contributed by atoms with E-state index in [2.05, 4.69) is 20.2 Å². The van der Waals surface area contributed by atoms with Crippen LogP contribution in [0, 0.1) is 6.92 Å². The highest BCUT2D eigenvalue weighted by atomic mass is 35.5. The molecule has 1 unspecified atom stereocenters. The summed E-state index contributed by atoms with van der Waals surface area (Å²) in [6.07, 6.45) is 1.84. The first-order valence-corrected chi connectivity index (χ1v) is 9.30. The molecule has 0 aliphatic carbocycles. The largest absolute Gasteiger partial charge is 0.405 e. The quantitative estimate of drug-likeness (QED) is 0.421. The summed E-state index contributed by atoms with van der Waals surface area (Å²) in [6.45, 7) is 4.88. The molecule has 0 saturated heterocycles. The van der Waals surface area contributed by atoms with Crippen LogP contribution in [0.25, 0.3) is 6.20 Å². The first kappa shape index (κ1) is 23.8. The number of allylic oxidation sites excluding steroid dienone is 2. The molecule has 0 aliphatic heterocycles. The van der Waals surface area contributed by atoms with E-state index in [9.17, 15) is 9.18 Å². The second kappa shape index (κ2) is 9.58. The molecular formula is C17H19Cl2FN6O4. The maximum Gasteiger partial charge on any atom is 0.405 e. The SMILES string of the molecule is C/C=C/N=C(Cl)/C(F)=C/n1c(C)nc(C(C)Cc2cnn(C(O)(O)O)n2)c(Cl)c1=O. The van der Waals surface area contributed by atoms with E-state index in [1.165, 1.54) is 19.3 Å². The summed E-state index contributed by atoms with van der Waals surface area (Å²) in [5.74, 6) is -1.24. The van der Waals surface area contributed by atoms with Crippen molar-refractivity contribution in [3.8, 4) is 0 Å². The van der Waals surface area contributed by atoms with Crippen LogP contribution in [0.1, 0.15) is 37.0 Å². The van der Waals surface area contributed by atoms with Gasteiger partial charge in [0.25, 0.3) is 5.56 Å². The number of aliphatic imine (C=N–C) groups is 1. The Labute approximate surface area is 180 Å². The number of hydrogen-bond acceptors (Lipinski definition) is 8. The molecule has 0 fully saturated rings. The van der Waals surface area contributed by atoms with E-state index in [0.717, 1.165) is 10.8 Å². The van der Waals surface area contributed by atoms with Crippen molar-refractivity contribution in [3.63, 3.8) is 0 Å². The average molecular weight is 461 g/mol. The molecule has 2 aromatic rings. The Morgan fingerprint density at radius 1 is 1.43 bits per heavy atom. The molecule has 0 spiro atoms. The molecule has 0 aromatic carbocycles. The zero-order chi connectivity index (χ0) is 22.6. The van der Waals surface area contributed by atoms with E-state index in [1.807, 2.05) is 0 Å². The number of aliphatic hydroxyl groups is 3. The molecular weight excluding hydrogens is 442 g/mol. The van der Waals surface area contributed by atoms with Crippen LogP contribution in [0.15, 0.2) is 34.1 Å². The number of nitrogens with zero attached hydrogens (tertiary/aromatic N) is 6. The van der Waals surface area contributed by atoms with Crippen molar-refractivity contribution in [2.45, 2.75) is 39.2 Å². The van der Waals surface area contributed by atoms with Gasteiger partial charge in [0.15, 0.2) is 11.0 Å². The van der Waals surface area contributed by atoms with E-state index < -0.39 is 28.6 Å². The topological polar surface area (TPSA) is 139 Å². The number of hydrogen-bond donors (Lipinski definition) is 3. The van der Waals surface area contributed by atoms with E-state index in [4.69, 9.17) is 38.5 Å². The summed E-state index contributed by atoms with van der Waals surface area (Å²) < 4.78 is 15.1. The molecule has 10 nitrogen and oxygen atoms in total. The van der Waals surface area contributed by atoms with Crippen molar-refractivity contribution < 1.29 is 19.7 Å². The lowest BCUT2D eigenvalue weighted by Gasteiger charge is -2.14. The van der Waals surface area contributed by atoms with Gasteiger partial charge in [-0.25, -0.2) is 14.4 Å². The number of halogens is 3. The first-order chi connectivity index (χ1) is 14.0. The number of rotatable bonds is 7. The van der Waals surface area contributed by atoms with E-state index in [0.29, 0.717) is 4.80 Å². The molecule has 0 radical (unpaired) electrons. The van der Waals surface area contributed by atoms with Gasteiger partial charge in [-0.3, -0.25) is 9.36 Å². The molecule has 3 N–H and O–H groups in total. The molecule has 0 bridgehead atoms. The minimum absolute atomic E-state index is 0.153. The Balaban J connectivity index is 2.36. The molecule has 162 valence electrons. The predicted octanol–water partition coefficient (Wildman–Crippen LogP) is 1.63. The van der Waals surface area contributed by atoms with Gasteiger partial charge in [-0.2, -0.15) is 10.2 Å². The molecule has 2 rings (SSSR count). The fourth-order valence-corrected chi connectivity index (χ4v) is 2.85. The maximum absolute atomic E-state index is 14.2. The van der Waals surface area contributed by atoms with Gasteiger partial charge in [-0.05, 0) is 13.8 Å². The molecule has 0 saturated carbocycles. The summed E-state index contributed by atoms with van der Waals surface area (Å²) in [7, 11) is 0. The zero-order valence-corrected chi connectivity index (χ0v) is 17.7. The van der Waals surface area contributed by atoms with Crippen LogP contribution < -0.4 is 5.56 Å². The summed E-state index contributed by atoms with van der Waals surface area (Å²) in [4.78, 5) is 20.9. The minimum Gasteiger partial charge on any atom is -0.323 e. The van der Waals surface area contributed by atoms with Crippen LogP contribution in [0.3, 0.4) is 0 Å². The summed E-state index contributed by atoms with van der Waals surface area (Å²) in [5.41, 5.74) is -0.197. The normalized spacial score (nSPS) is 14.6. The first-order valence-electron chi connectivity index (χ1n) is 8.55. The van der Waals surface area contributed by atoms with Crippen molar-refractivity contribution in [1.82, 2.24) is 24.5 Å². The predicted molar refractivity (Wildman–Crippen MR) is 108 cm³/mol. The highest BCUT2D eigenvalue weighted by Gasteiger charge is 2.25. The highest BCUT2D eigenvalue weighted by molar-refractivity contribution is 6.69. The Morgan fingerprint density at radius 3 is 2.67 bits per heavy atom. The average Bonchev–Trinajstić information content (AvgIpc) is 3.14. The molecule has 1 atom stereocenters. The lowest BCUT2D eigenvalue weighted by Crippen LogP contribution is -2.34. The smallest absolute Gasteiger partial charge is 0.323 e. The van der Waals surface area contributed by atoms with Crippen molar-refractivity contribution in [2.24, 2.45) is 4.99 Å². The van der Waals surface area contributed by atoms with Gasteiger partial charge >= 0.3 is 6.10 Å². The van der Waals surface area contributed by atoms with Gasteiger partial charge < -0.3 is 15.3 Å². The Bertz CT molecular complexity index is 1070. The van der Waals surface area contributed by atoms with E-state index in [-0.39, 0.29) is 28.7 Å². The molecule has 2 aromatic heterocycles. The Morgan fingerprint density at radius 2 is 2.10 bits per heavy atom. The fraction of sp³-hybridized carbons (Fsp3) is 0.353. The second-order valence-corrected chi connectivity index (χ2v) is 6.98. The van der Waals surface area contributed by atoms with Crippen molar-refractivity contribution in [1.29, 1.82) is 0 Å². The molecule has 0 aliphatic rings. The molecule has 0 amide bonds. The molecule has 30 heavy (non-hydrogen) atoms. The summed E-state index contributed by atoms with van der Waals surface area (Å²) in [5, 5.41) is 33.8. The standard InChI is InChI=1S/C17H19Cl2FN6O4/c1-4-5-21-15(19)12(20)8-25-10(3)23-14(13(18)16(25)27)9(2)6-11-7-22-26(24-11)17(28,29)30/h4-5,7-9,28-30H,6H2,1-3H3/b5-4+,12-8-,21-15-. The number of aryl methyl sites for hydroxylation is 1. The fourth-order valence-electron chi connectivity index (χ4n) is 2.43. The van der Waals surface area contributed by atoms with Crippen molar-refractivity contribution >= 4 is 34.6 Å². The monoisotopic (exact) mass is 460 g/mol. The van der Waals surface area contributed by atoms with E-state index >= 15 is 0 Å². The number of aromatic nitrogens is 5. The van der Waals surface area contributed by atoms with Gasteiger partial charge in [0.05, 0.1) is 23.8 Å². The third-order valence-corrected chi connectivity index (χ3v) is 4.46. The van der Waals surface area contributed by atoms with Crippen molar-refractivity contribution in [3.05, 3.63) is 56.9 Å². The maximum atomic E-state index is 14.2. The van der Waals surface area contributed by atoms with Crippen LogP contribution in [-0.2, 0) is 12.5 Å². The van der Waals surface area contributed by atoms with E-state index in [1.54, 1.807) is 19.9 Å². The van der Waals surface area contributed by atoms with Gasteiger partial charge in [-0.1, -0.05) is 41.0 Å². The van der Waals surface area contributed by atoms with Gasteiger partial charge in [0, 0.05) is 18.5 Å². The van der Waals surface area contributed by atoms with Gasteiger partial charge in [-0.15, -0.1) is 0 Å². The molecule has 13 heteroatoms. The summed E-state index contributed by atoms with van der Waals surface area (Å²) >= 11 is 11.9. The van der Waals surface area contributed by atoms with Crippen LogP contribution >= 0.6 is 23.2 Å². The lowest BCUT2D eigenvalue weighted by atomic mass is 10.0. The minimum atomic E-state index is -3.23. The summed E-state index contributed by atoms with van der Waals surface area (Å²) in [6, 6.07) is 0. The van der Waals surface area contributed by atoms with Crippen LogP contribution in [0.5, 0.6) is 0 Å². The van der Waals surface area contributed by atoms with Crippen LogP contribution in [0.2, 0.25) is 5.02 Å². The Kier molecular flexibility index (Phi) is 7.61. The zero-order valence-electron chi connectivity index (χ0n) is 16.2. The third-order valence-electron chi connectivity index (χ3n) is 3.83. The Hall–Kier alpha value is -2.44. The van der Waals surface area contributed by atoms with Crippen molar-refractivity contribution in [2.75, 3.05) is 0 Å². The van der Waals surface area contributed by atoms with Gasteiger partial charge in [0.1, 0.15) is 10.8 Å². The van der Waals surface area contributed by atoms with Crippen LogP contribution in [0.4, 0.5) is 4.39 Å². The molecule has 2 heterocycles. The van der Waals surface area contributed by atoms with Gasteiger partial charge in [0.2, 0.25) is 0 Å². The highest BCUT2D eigenvalue weighted by Crippen LogP contribution is 2.23. The van der Waals surface area contributed by atoms with Crippen LogP contribution in [-0.4, -0.2) is 45.0 Å². The third kappa shape index (κ3) is 5.58. The lowest BCUT2D eigenvalue weighted by molar-refractivity contribution is -0.387.